The number of fused-ring (bicyclic) bond motifs is 4. The van der Waals surface area contributed by atoms with E-state index in [4.69, 9.17) is 50.0 Å². The summed E-state index contributed by atoms with van der Waals surface area (Å²) >= 11 is 8.45. The van der Waals surface area contributed by atoms with Gasteiger partial charge in [-0.3, -0.25) is 10.2 Å². The van der Waals surface area contributed by atoms with E-state index in [0.717, 1.165) is 35.3 Å². The second-order valence-electron chi connectivity index (χ2n) is 17.0. The molecule has 4 fully saturated rings. The van der Waals surface area contributed by atoms with Crippen molar-refractivity contribution >= 4 is 66.9 Å². The molecule has 1 saturated carbocycles. The third kappa shape index (κ3) is 6.12. The zero-order valence-corrected chi connectivity index (χ0v) is 34.0. The Morgan fingerprint density at radius 3 is 2.51 bits per heavy atom. The SMILES string of the molecule is CC(C)(C)OC(=O)Nc1sc2c(F)ccc(-c3c4c(c5c(N6C7CCC78C6CN8C(=O)OC(C)(C)C)nc(OCC6COCCO6)nc5c3Cl)COC4)c2c1C#N. The third-order valence-electron chi connectivity index (χ3n) is 11.2. The topological polar surface area (TPSA) is 158 Å². The van der Waals surface area contributed by atoms with Gasteiger partial charge in [0, 0.05) is 17.5 Å². The molecule has 0 bridgehead atoms. The number of benzene rings is 2. The van der Waals surface area contributed by atoms with Gasteiger partial charge in [0.15, 0.2) is 0 Å². The first-order valence-electron chi connectivity index (χ1n) is 19.0. The van der Waals surface area contributed by atoms with E-state index in [1.54, 1.807) is 26.8 Å². The number of carbonyl (C=O) groups excluding carboxylic acids is 2. The molecular weight excluding hydrogens is 779 g/mol. The van der Waals surface area contributed by atoms with Crippen LogP contribution in [0.3, 0.4) is 0 Å². The second-order valence-corrected chi connectivity index (χ2v) is 18.4. The van der Waals surface area contributed by atoms with Crippen molar-refractivity contribution in [1.29, 1.82) is 5.26 Å². The lowest BCUT2D eigenvalue weighted by Crippen LogP contribution is -2.97. The Kier molecular flexibility index (Phi) is 9.02. The first-order valence-corrected chi connectivity index (χ1v) is 20.2. The van der Waals surface area contributed by atoms with Crippen molar-refractivity contribution in [3.8, 4) is 23.2 Å². The van der Waals surface area contributed by atoms with Crippen LogP contribution in [0.4, 0.5) is 24.8 Å². The number of nitriles is 1. The molecule has 1 aliphatic carbocycles. The van der Waals surface area contributed by atoms with E-state index < -0.39 is 23.1 Å². The summed E-state index contributed by atoms with van der Waals surface area (Å²) in [5.41, 5.74) is 1.28. The van der Waals surface area contributed by atoms with Gasteiger partial charge in [0.2, 0.25) is 0 Å². The average molecular weight is 821 g/mol. The zero-order valence-electron chi connectivity index (χ0n) is 32.4. The molecule has 1 spiro atoms. The van der Waals surface area contributed by atoms with Crippen LogP contribution >= 0.6 is 22.9 Å². The smallest absolute Gasteiger partial charge is 0.412 e. The molecule has 2 aromatic heterocycles. The Bertz CT molecular complexity index is 2390. The fourth-order valence-electron chi connectivity index (χ4n) is 8.84. The molecular formula is C40H42ClFN6O8S. The predicted molar refractivity (Wildman–Crippen MR) is 209 cm³/mol. The van der Waals surface area contributed by atoms with Crippen molar-refractivity contribution in [2.75, 3.05) is 43.2 Å². The lowest BCUT2D eigenvalue weighted by molar-refractivity contribution is -0.166. The van der Waals surface area contributed by atoms with Gasteiger partial charge in [-0.15, -0.1) is 11.3 Å². The van der Waals surface area contributed by atoms with E-state index in [1.165, 1.54) is 6.07 Å². The van der Waals surface area contributed by atoms with E-state index >= 15 is 4.39 Å². The number of anilines is 2. The Hall–Kier alpha value is -4.53. The maximum atomic E-state index is 15.6. The summed E-state index contributed by atoms with van der Waals surface area (Å²) in [7, 11) is 0. The number of amides is 2. The molecule has 6 heterocycles. The lowest BCUT2D eigenvalue weighted by atomic mass is 9.52. The number of hydrogen-bond acceptors (Lipinski definition) is 13. The number of piperazine rings is 1. The van der Waals surface area contributed by atoms with Gasteiger partial charge in [-0.25, -0.2) is 14.0 Å². The van der Waals surface area contributed by atoms with Crippen molar-refractivity contribution in [2.45, 2.75) is 103 Å². The number of thiophene rings is 1. The number of hydrogen-bond donors (Lipinski definition) is 1. The number of likely N-dealkylation sites (tertiary alicyclic amines) is 1. The molecule has 4 aromatic rings. The van der Waals surface area contributed by atoms with Crippen LogP contribution in [0.2, 0.25) is 5.02 Å². The van der Waals surface area contributed by atoms with E-state index in [-0.39, 0.29) is 75.9 Å². The minimum atomic E-state index is -0.796. The van der Waals surface area contributed by atoms with Gasteiger partial charge in [0.1, 0.15) is 46.6 Å². The minimum absolute atomic E-state index is 0.0159. The molecule has 2 aromatic carbocycles. The van der Waals surface area contributed by atoms with Crippen LogP contribution in [-0.4, -0.2) is 95.0 Å². The third-order valence-corrected chi connectivity index (χ3v) is 12.7. The highest BCUT2D eigenvalue weighted by molar-refractivity contribution is 7.23. The summed E-state index contributed by atoms with van der Waals surface area (Å²) in [6.07, 6.45) is 0.281. The quantitative estimate of drug-likeness (QED) is 0.203. The molecule has 300 valence electrons. The van der Waals surface area contributed by atoms with Crippen molar-refractivity contribution < 1.29 is 42.4 Å². The molecule has 0 radical (unpaired) electrons. The van der Waals surface area contributed by atoms with Crippen LogP contribution in [0, 0.1) is 17.1 Å². The van der Waals surface area contributed by atoms with E-state index in [1.807, 2.05) is 25.7 Å². The number of ether oxygens (including phenoxy) is 6. The molecule has 14 nitrogen and oxygen atoms in total. The highest BCUT2D eigenvalue weighted by Crippen LogP contribution is 2.63. The van der Waals surface area contributed by atoms with Crippen LogP contribution in [0.1, 0.15) is 71.1 Å². The molecule has 9 rings (SSSR count). The average Bonchev–Trinajstić information content (AvgIpc) is 3.74. The second kappa shape index (κ2) is 13.5. The fourth-order valence-corrected chi connectivity index (χ4v) is 10.3. The Morgan fingerprint density at radius 1 is 1.07 bits per heavy atom. The van der Waals surface area contributed by atoms with Crippen LogP contribution in [0.15, 0.2) is 12.1 Å². The Morgan fingerprint density at radius 2 is 1.84 bits per heavy atom. The highest BCUT2D eigenvalue weighted by atomic mass is 35.5. The van der Waals surface area contributed by atoms with Gasteiger partial charge in [-0.05, 0) is 77.1 Å². The van der Waals surface area contributed by atoms with Gasteiger partial charge in [0.25, 0.3) is 0 Å². The molecule has 57 heavy (non-hydrogen) atoms. The largest absolute Gasteiger partial charge is 0.461 e. The summed E-state index contributed by atoms with van der Waals surface area (Å²) in [6, 6.07) is 5.15. The van der Waals surface area contributed by atoms with Gasteiger partial charge in [-0.2, -0.15) is 15.2 Å². The minimum Gasteiger partial charge on any atom is -0.461 e. The van der Waals surface area contributed by atoms with Gasteiger partial charge < -0.3 is 33.3 Å². The summed E-state index contributed by atoms with van der Waals surface area (Å²) in [5, 5.41) is 14.5. The van der Waals surface area contributed by atoms with Crippen molar-refractivity contribution in [3.63, 3.8) is 0 Å². The summed E-state index contributed by atoms with van der Waals surface area (Å²) in [4.78, 5) is 40.2. The van der Waals surface area contributed by atoms with Crippen LogP contribution in [0.5, 0.6) is 6.01 Å². The molecule has 3 saturated heterocycles. The number of nitrogens with one attached hydrogen (secondary N) is 1. The number of halogens is 2. The van der Waals surface area contributed by atoms with Crippen molar-refractivity contribution in [1.82, 2.24) is 14.9 Å². The Labute approximate surface area is 337 Å². The number of carbonyl (C=O) groups is 2. The zero-order chi connectivity index (χ0) is 40.2. The fraction of sp³-hybridized carbons (Fsp3) is 0.525. The Balaban J connectivity index is 1.18. The van der Waals surface area contributed by atoms with Crippen LogP contribution in [-0.2, 0) is 36.9 Å². The molecule has 2 amide bonds. The first kappa shape index (κ1) is 38.0. The van der Waals surface area contributed by atoms with Gasteiger partial charge >= 0.3 is 18.2 Å². The number of nitrogens with zero attached hydrogens (tertiary/aromatic N) is 5. The predicted octanol–water partition coefficient (Wildman–Crippen LogP) is 7.69. The molecule has 4 atom stereocenters. The molecule has 1 N–H and O–H groups in total. The van der Waals surface area contributed by atoms with Gasteiger partial charge in [-0.1, -0.05) is 17.7 Å². The van der Waals surface area contributed by atoms with Crippen LogP contribution < -0.4 is 15.0 Å². The van der Waals surface area contributed by atoms with Crippen LogP contribution in [0.25, 0.3) is 32.1 Å². The molecule has 4 unspecified atom stereocenters. The standard InChI is InChI=1S/C40H42ClFN6O8S/c1-38(2,3)55-36(49)46-34-21(13-43)28-20(7-8-24(42)32(28)57-34)27-22-17-52-18-23(22)29-31(30(27)41)44-35(54-16-19-15-51-11-12-53-19)45-33(29)48-25-9-10-40(25)26(48)14-47(40)37(50)56-39(4,5)6/h7-8,19,25-26H,9-12,14-18H2,1-6H3,(H,46,49). The maximum Gasteiger partial charge on any atom is 0.412 e. The first-order chi connectivity index (χ1) is 27.1. The normalized spacial score (nSPS) is 23.7. The van der Waals surface area contributed by atoms with E-state index in [0.29, 0.717) is 59.6 Å². The number of aromatic nitrogens is 2. The number of rotatable bonds is 6. The lowest BCUT2D eigenvalue weighted by Gasteiger charge is -2.80. The monoisotopic (exact) mass is 820 g/mol. The summed E-state index contributed by atoms with van der Waals surface area (Å²) in [6.45, 7) is 13.1. The summed E-state index contributed by atoms with van der Waals surface area (Å²) in [5.74, 6) is 0.0655. The van der Waals surface area contributed by atoms with Crippen molar-refractivity contribution in [2.24, 2.45) is 0 Å². The maximum absolute atomic E-state index is 15.6. The molecule has 17 heteroatoms. The number of piperidine rings is 1. The highest BCUT2D eigenvalue weighted by Gasteiger charge is 2.77. The van der Waals surface area contributed by atoms with Gasteiger partial charge in [0.05, 0.1) is 76.8 Å². The van der Waals surface area contributed by atoms with Crippen molar-refractivity contribution in [3.05, 3.63) is 39.7 Å². The summed E-state index contributed by atoms with van der Waals surface area (Å²) < 4.78 is 50.8. The van der Waals surface area contributed by atoms with E-state index in [2.05, 4.69) is 16.3 Å². The van der Waals surface area contributed by atoms with E-state index in [9.17, 15) is 14.9 Å². The molecule has 5 aliphatic rings. The molecule has 4 aliphatic heterocycles.